The van der Waals surface area contributed by atoms with Crippen LogP contribution in [0.15, 0.2) is 103 Å². The van der Waals surface area contributed by atoms with Crippen LogP contribution in [0.3, 0.4) is 0 Å². The van der Waals surface area contributed by atoms with E-state index in [0.29, 0.717) is 0 Å². The zero-order valence-corrected chi connectivity index (χ0v) is 23.2. The molecule has 190 valence electrons. The fourth-order valence-electron chi connectivity index (χ4n) is 5.05. The van der Waals surface area contributed by atoms with Gasteiger partial charge in [-0.3, -0.25) is 0 Å². The molecule has 0 atom stereocenters. The van der Waals surface area contributed by atoms with Crippen LogP contribution < -0.4 is 9.80 Å². The van der Waals surface area contributed by atoms with E-state index in [1.54, 1.807) is 0 Å². The predicted molar refractivity (Wildman–Crippen MR) is 163 cm³/mol. The Hall–Kier alpha value is -4.37. The van der Waals surface area contributed by atoms with E-state index in [9.17, 15) is 0 Å². The van der Waals surface area contributed by atoms with Gasteiger partial charge < -0.3 is 9.80 Å². The molecule has 1 heterocycles. The summed E-state index contributed by atoms with van der Waals surface area (Å²) in [5.74, 6) is 0.913. The number of hydrogen-bond acceptors (Lipinski definition) is 3. The smallest absolute Gasteiger partial charge is 0.132 e. The van der Waals surface area contributed by atoms with E-state index >= 15 is 0 Å². The summed E-state index contributed by atoms with van der Waals surface area (Å²) in [6.07, 6.45) is 1.97. The van der Waals surface area contributed by atoms with E-state index in [1.807, 2.05) is 6.20 Å². The van der Waals surface area contributed by atoms with Gasteiger partial charge in [-0.1, -0.05) is 77.4 Å². The van der Waals surface area contributed by atoms with E-state index in [4.69, 9.17) is 4.98 Å². The zero-order valence-electron chi connectivity index (χ0n) is 23.2. The Balaban J connectivity index is 1.52. The van der Waals surface area contributed by atoms with Gasteiger partial charge in [0, 0.05) is 24.1 Å². The summed E-state index contributed by atoms with van der Waals surface area (Å²) in [5.41, 5.74) is 13.1. The van der Waals surface area contributed by atoms with Crippen LogP contribution in [0.1, 0.15) is 27.8 Å². The lowest BCUT2D eigenvalue weighted by molar-refractivity contribution is 1.10. The molecule has 0 saturated heterocycles. The predicted octanol–water partition coefficient (Wildman–Crippen LogP) is 9.53. The molecule has 5 aromatic rings. The molecule has 38 heavy (non-hydrogen) atoms. The quantitative estimate of drug-likeness (QED) is 0.233. The molecule has 3 nitrogen and oxygen atoms in total. The molecule has 0 bridgehead atoms. The molecule has 1 aromatic heterocycles. The Bertz CT molecular complexity index is 1550. The van der Waals surface area contributed by atoms with E-state index < -0.39 is 0 Å². The fraction of sp³-hybridized carbons (Fsp3) is 0.171. The number of aryl methyl sites for hydroxylation is 5. The van der Waals surface area contributed by atoms with Crippen molar-refractivity contribution in [3.05, 3.63) is 131 Å². The van der Waals surface area contributed by atoms with Gasteiger partial charge in [-0.05, 0) is 93.3 Å². The molecule has 0 N–H and O–H groups in total. The molecule has 0 aliphatic carbocycles. The maximum atomic E-state index is 4.90. The highest BCUT2D eigenvalue weighted by Gasteiger charge is 2.17. The van der Waals surface area contributed by atoms with Crippen LogP contribution in [0.5, 0.6) is 0 Å². The molecule has 0 aliphatic rings. The highest BCUT2D eigenvalue weighted by Crippen LogP contribution is 2.38. The van der Waals surface area contributed by atoms with Gasteiger partial charge in [0.1, 0.15) is 5.82 Å². The van der Waals surface area contributed by atoms with Crippen LogP contribution in [0, 0.1) is 34.6 Å². The van der Waals surface area contributed by atoms with Crippen molar-refractivity contribution < 1.29 is 0 Å². The van der Waals surface area contributed by atoms with Crippen molar-refractivity contribution >= 4 is 28.6 Å². The topological polar surface area (TPSA) is 19.4 Å². The van der Waals surface area contributed by atoms with E-state index in [2.05, 4.69) is 149 Å². The molecule has 0 amide bonds. The summed E-state index contributed by atoms with van der Waals surface area (Å²) in [7, 11) is 2.07. The Morgan fingerprint density at radius 3 is 1.53 bits per heavy atom. The molecule has 3 heteroatoms. The lowest BCUT2D eigenvalue weighted by Gasteiger charge is -2.28. The second-order valence-electron chi connectivity index (χ2n) is 10.3. The number of hydrogen-bond donors (Lipinski definition) is 0. The summed E-state index contributed by atoms with van der Waals surface area (Å²) in [5, 5.41) is 0. The summed E-state index contributed by atoms with van der Waals surface area (Å²) in [6.45, 7) is 10.7. The SMILES string of the molecule is Cc1ccc(-c2ccc(N(c3ccc(N(C)c4ccc(C)cc4C)nc3)c3ccc(C)cc3C)cc2)cc1. The minimum atomic E-state index is 0.913. The van der Waals surface area contributed by atoms with Gasteiger partial charge >= 0.3 is 0 Å². The molecule has 0 saturated carbocycles. The maximum absolute atomic E-state index is 4.90. The number of benzene rings is 4. The maximum Gasteiger partial charge on any atom is 0.132 e. The summed E-state index contributed by atoms with van der Waals surface area (Å²) < 4.78 is 0. The highest BCUT2D eigenvalue weighted by molar-refractivity contribution is 5.80. The third kappa shape index (κ3) is 5.19. The molecule has 0 unspecified atom stereocenters. The highest BCUT2D eigenvalue weighted by atomic mass is 15.2. The normalized spacial score (nSPS) is 10.9. The molecule has 4 aromatic carbocycles. The lowest BCUT2D eigenvalue weighted by Crippen LogP contribution is -2.15. The first-order chi connectivity index (χ1) is 18.3. The second kappa shape index (κ2) is 10.5. The van der Waals surface area contributed by atoms with Gasteiger partial charge in [0.2, 0.25) is 0 Å². The van der Waals surface area contributed by atoms with Crippen molar-refractivity contribution in [3.63, 3.8) is 0 Å². The zero-order chi connectivity index (χ0) is 26.8. The van der Waals surface area contributed by atoms with E-state index in [1.165, 1.54) is 38.9 Å². The number of pyridine rings is 1. The van der Waals surface area contributed by atoms with Crippen molar-refractivity contribution in [1.82, 2.24) is 4.98 Å². The molecule has 0 spiro atoms. The third-order valence-electron chi connectivity index (χ3n) is 7.15. The van der Waals surface area contributed by atoms with Gasteiger partial charge in [0.05, 0.1) is 11.9 Å². The summed E-state index contributed by atoms with van der Waals surface area (Å²) >= 11 is 0. The molecule has 0 aliphatic heterocycles. The third-order valence-corrected chi connectivity index (χ3v) is 7.15. The van der Waals surface area contributed by atoms with Gasteiger partial charge in [-0.15, -0.1) is 0 Å². The van der Waals surface area contributed by atoms with Crippen molar-refractivity contribution in [1.29, 1.82) is 0 Å². The number of aromatic nitrogens is 1. The average molecular weight is 498 g/mol. The number of rotatable bonds is 6. The largest absolute Gasteiger partial charge is 0.329 e. The van der Waals surface area contributed by atoms with Gasteiger partial charge in [-0.2, -0.15) is 0 Å². The van der Waals surface area contributed by atoms with E-state index in [-0.39, 0.29) is 0 Å². The first-order valence-corrected chi connectivity index (χ1v) is 13.1. The Morgan fingerprint density at radius 2 is 1.00 bits per heavy atom. The van der Waals surface area contributed by atoms with Crippen LogP contribution in [0.25, 0.3) is 11.1 Å². The first kappa shape index (κ1) is 25.3. The Labute approximate surface area is 227 Å². The Morgan fingerprint density at radius 1 is 0.500 bits per heavy atom. The van der Waals surface area contributed by atoms with Crippen LogP contribution in [0.2, 0.25) is 0 Å². The van der Waals surface area contributed by atoms with Gasteiger partial charge in [-0.25, -0.2) is 4.98 Å². The molecular formula is C35H35N3. The minimum Gasteiger partial charge on any atom is -0.329 e. The van der Waals surface area contributed by atoms with Gasteiger partial charge in [0.25, 0.3) is 0 Å². The summed E-state index contributed by atoms with van der Waals surface area (Å²) in [4.78, 5) is 9.34. The van der Waals surface area contributed by atoms with Crippen molar-refractivity contribution in [2.24, 2.45) is 0 Å². The molecular weight excluding hydrogens is 462 g/mol. The summed E-state index contributed by atoms with van der Waals surface area (Å²) in [6, 6.07) is 34.9. The molecule has 0 fully saturated rings. The fourth-order valence-corrected chi connectivity index (χ4v) is 5.05. The Kier molecular flexibility index (Phi) is 7.02. The second-order valence-corrected chi connectivity index (χ2v) is 10.3. The number of nitrogens with zero attached hydrogens (tertiary/aromatic N) is 3. The van der Waals surface area contributed by atoms with Crippen molar-refractivity contribution in [2.45, 2.75) is 34.6 Å². The average Bonchev–Trinajstić information content (AvgIpc) is 2.91. The molecule has 5 rings (SSSR count). The van der Waals surface area contributed by atoms with Crippen molar-refractivity contribution in [2.75, 3.05) is 16.8 Å². The number of anilines is 5. The van der Waals surface area contributed by atoms with Gasteiger partial charge in [0.15, 0.2) is 0 Å². The van der Waals surface area contributed by atoms with Crippen LogP contribution >= 0.6 is 0 Å². The standard InChI is InChI=1S/C35H35N3/c1-24-7-11-29(12-8-24)30-13-15-31(16-14-30)38(34-19-10-26(3)22-28(34)5)32-17-20-35(36-23-32)37(6)33-18-9-25(2)21-27(33)4/h7-23H,1-6H3. The van der Waals surface area contributed by atoms with Crippen LogP contribution in [-0.2, 0) is 0 Å². The monoisotopic (exact) mass is 497 g/mol. The lowest BCUT2D eigenvalue weighted by atomic mass is 10.0. The first-order valence-electron chi connectivity index (χ1n) is 13.1. The van der Waals surface area contributed by atoms with Crippen LogP contribution in [-0.4, -0.2) is 12.0 Å². The molecule has 0 radical (unpaired) electrons. The van der Waals surface area contributed by atoms with Crippen molar-refractivity contribution in [3.8, 4) is 11.1 Å². The minimum absolute atomic E-state index is 0.913. The van der Waals surface area contributed by atoms with Crippen LogP contribution in [0.4, 0.5) is 28.6 Å². The van der Waals surface area contributed by atoms with E-state index in [0.717, 1.165) is 28.6 Å².